The number of carbonyl (C=O) groups excluding carboxylic acids is 2. The molecule has 2 fully saturated rings. The highest BCUT2D eigenvalue weighted by Gasteiger charge is 2.28. The Bertz CT molecular complexity index is 471. The van der Waals surface area contributed by atoms with Gasteiger partial charge in [0.25, 0.3) is 0 Å². The van der Waals surface area contributed by atoms with Crippen LogP contribution in [0.2, 0.25) is 0 Å². The van der Waals surface area contributed by atoms with E-state index >= 15 is 0 Å². The maximum atomic E-state index is 12.0. The number of benzene rings is 1. The lowest BCUT2D eigenvalue weighted by Gasteiger charge is -2.27. The van der Waals surface area contributed by atoms with Crippen LogP contribution in [-0.2, 0) is 18.9 Å². The molecule has 0 amide bonds. The summed E-state index contributed by atoms with van der Waals surface area (Å²) < 4.78 is 20.3. The molecule has 2 aliphatic heterocycles. The lowest BCUT2D eigenvalue weighted by Crippen LogP contribution is -2.33. The summed E-state index contributed by atoms with van der Waals surface area (Å²) in [6, 6.07) is 6.38. The molecule has 1 aromatic rings. The summed E-state index contributed by atoms with van der Waals surface area (Å²) in [4.78, 5) is 24.0. The molecule has 2 aliphatic rings. The van der Waals surface area contributed by atoms with E-state index in [0.29, 0.717) is 26.1 Å². The summed E-state index contributed by atoms with van der Waals surface area (Å²) in [5.74, 6) is -1.17. The predicted octanol–water partition coefficient (Wildman–Crippen LogP) is 1.49. The lowest BCUT2D eigenvalue weighted by molar-refractivity contribution is -0.186. The molecule has 20 heavy (non-hydrogen) atoms. The third-order valence-corrected chi connectivity index (χ3v) is 3.16. The zero-order chi connectivity index (χ0) is 13.9. The maximum Gasteiger partial charge on any atom is 0.341 e. The summed E-state index contributed by atoms with van der Waals surface area (Å²) in [7, 11) is 0. The molecular weight excluding hydrogens is 264 g/mol. The molecule has 0 saturated carbocycles. The van der Waals surface area contributed by atoms with E-state index in [1.165, 1.54) is 12.1 Å². The number of hydrogen-bond acceptors (Lipinski definition) is 6. The van der Waals surface area contributed by atoms with Crippen LogP contribution < -0.4 is 0 Å². The zero-order valence-electron chi connectivity index (χ0n) is 10.7. The molecule has 0 radical (unpaired) electrons. The van der Waals surface area contributed by atoms with Gasteiger partial charge in [-0.25, -0.2) is 9.59 Å². The van der Waals surface area contributed by atoms with Crippen LogP contribution in [0.15, 0.2) is 24.3 Å². The second-order valence-corrected chi connectivity index (χ2v) is 4.53. The maximum absolute atomic E-state index is 12.0. The fourth-order valence-electron chi connectivity index (χ4n) is 1.82. The monoisotopic (exact) mass is 278 g/mol. The van der Waals surface area contributed by atoms with Crippen molar-refractivity contribution in [2.45, 2.75) is 25.4 Å². The van der Waals surface area contributed by atoms with Crippen LogP contribution in [0.5, 0.6) is 0 Å². The largest absolute Gasteiger partial charge is 0.432 e. The molecule has 1 aromatic carbocycles. The van der Waals surface area contributed by atoms with Crippen LogP contribution in [-0.4, -0.2) is 37.7 Å². The first-order valence-corrected chi connectivity index (χ1v) is 6.48. The molecule has 0 aromatic heterocycles. The van der Waals surface area contributed by atoms with Crippen LogP contribution >= 0.6 is 0 Å². The minimum absolute atomic E-state index is 0.173. The second kappa shape index (κ2) is 5.60. The average molecular weight is 278 g/mol. The van der Waals surface area contributed by atoms with Crippen molar-refractivity contribution in [1.82, 2.24) is 0 Å². The van der Waals surface area contributed by atoms with Gasteiger partial charge >= 0.3 is 11.9 Å². The Balaban J connectivity index is 1.72. The van der Waals surface area contributed by atoms with Gasteiger partial charge in [0.15, 0.2) is 0 Å². The normalized spacial score (nSPS) is 24.2. The molecule has 0 N–H and O–H groups in total. The number of carbonyl (C=O) groups is 2. The Labute approximate surface area is 115 Å². The van der Waals surface area contributed by atoms with E-state index in [1.54, 1.807) is 12.1 Å². The Morgan fingerprint density at radius 1 is 0.900 bits per heavy atom. The molecule has 2 saturated heterocycles. The fraction of sp³-hybridized carbons (Fsp3) is 0.429. The Morgan fingerprint density at radius 3 is 1.60 bits per heavy atom. The van der Waals surface area contributed by atoms with Crippen molar-refractivity contribution >= 4 is 11.9 Å². The summed E-state index contributed by atoms with van der Waals surface area (Å²) >= 11 is 0. The summed E-state index contributed by atoms with van der Waals surface area (Å²) in [6.45, 7) is 1.17. The number of hydrogen-bond donors (Lipinski definition) is 0. The van der Waals surface area contributed by atoms with Crippen LogP contribution in [0.4, 0.5) is 0 Å². The van der Waals surface area contributed by atoms with Gasteiger partial charge in [-0.3, -0.25) is 0 Å². The quantitative estimate of drug-likeness (QED) is 0.777. The average Bonchev–Trinajstić information content (AvgIpc) is 2.37. The Morgan fingerprint density at radius 2 is 1.30 bits per heavy atom. The highest BCUT2D eigenvalue weighted by molar-refractivity contribution is 6.03. The van der Waals surface area contributed by atoms with E-state index < -0.39 is 24.5 Å². The van der Waals surface area contributed by atoms with E-state index in [4.69, 9.17) is 18.9 Å². The van der Waals surface area contributed by atoms with E-state index in [9.17, 15) is 9.59 Å². The number of ether oxygens (including phenoxy) is 4. The highest BCUT2D eigenvalue weighted by atomic mass is 16.7. The zero-order valence-corrected chi connectivity index (χ0v) is 10.7. The van der Waals surface area contributed by atoms with Gasteiger partial charge in [0, 0.05) is 12.8 Å². The van der Waals surface area contributed by atoms with E-state index in [-0.39, 0.29) is 11.1 Å². The molecule has 2 heterocycles. The first-order valence-electron chi connectivity index (χ1n) is 6.48. The first kappa shape index (κ1) is 13.1. The number of rotatable bonds is 4. The van der Waals surface area contributed by atoms with Gasteiger partial charge < -0.3 is 18.9 Å². The van der Waals surface area contributed by atoms with Crippen LogP contribution in [0.25, 0.3) is 0 Å². The lowest BCUT2D eigenvalue weighted by atomic mass is 10.1. The van der Waals surface area contributed by atoms with Crippen molar-refractivity contribution < 1.29 is 28.5 Å². The van der Waals surface area contributed by atoms with E-state index in [1.807, 2.05) is 0 Å². The Hall–Kier alpha value is -1.92. The third kappa shape index (κ3) is 2.66. The minimum atomic E-state index is -0.586. The topological polar surface area (TPSA) is 71.1 Å². The molecule has 106 valence electrons. The van der Waals surface area contributed by atoms with Gasteiger partial charge in [-0.05, 0) is 12.1 Å². The van der Waals surface area contributed by atoms with Gasteiger partial charge in [-0.2, -0.15) is 0 Å². The van der Waals surface area contributed by atoms with Crippen molar-refractivity contribution in [2.24, 2.45) is 0 Å². The van der Waals surface area contributed by atoms with Crippen LogP contribution in [0, 0.1) is 0 Å². The summed E-state index contributed by atoms with van der Waals surface area (Å²) in [5.41, 5.74) is 0.347. The predicted molar refractivity (Wildman–Crippen MR) is 66.0 cm³/mol. The molecule has 6 nitrogen and oxygen atoms in total. The van der Waals surface area contributed by atoms with Crippen molar-refractivity contribution in [2.75, 3.05) is 13.2 Å². The van der Waals surface area contributed by atoms with Crippen molar-refractivity contribution in [3.05, 3.63) is 35.4 Å². The Kier molecular flexibility index (Phi) is 3.66. The molecule has 2 atom stereocenters. The van der Waals surface area contributed by atoms with Gasteiger partial charge in [-0.15, -0.1) is 0 Å². The molecule has 6 heteroatoms. The summed E-state index contributed by atoms with van der Waals surface area (Å²) in [5, 5.41) is 0. The van der Waals surface area contributed by atoms with Gasteiger partial charge in [0.2, 0.25) is 12.6 Å². The molecule has 0 aliphatic carbocycles. The first-order chi connectivity index (χ1) is 9.74. The minimum Gasteiger partial charge on any atom is -0.432 e. The van der Waals surface area contributed by atoms with Crippen molar-refractivity contribution in [3.63, 3.8) is 0 Å². The highest BCUT2D eigenvalue weighted by Crippen LogP contribution is 2.20. The van der Waals surface area contributed by atoms with Gasteiger partial charge in [0.05, 0.1) is 24.3 Å². The molecule has 2 unspecified atom stereocenters. The number of esters is 2. The van der Waals surface area contributed by atoms with E-state index in [0.717, 1.165) is 0 Å². The molecule has 0 bridgehead atoms. The van der Waals surface area contributed by atoms with Gasteiger partial charge in [0.1, 0.15) is 0 Å². The van der Waals surface area contributed by atoms with Crippen LogP contribution in [0.3, 0.4) is 0 Å². The van der Waals surface area contributed by atoms with E-state index in [2.05, 4.69) is 0 Å². The molecule has 0 spiro atoms. The van der Waals surface area contributed by atoms with Gasteiger partial charge in [-0.1, -0.05) is 12.1 Å². The van der Waals surface area contributed by atoms with Crippen LogP contribution in [0.1, 0.15) is 33.6 Å². The SMILES string of the molecule is O=C(OC1CCO1)c1ccccc1C(=O)OC1CCO1. The standard InChI is InChI=1S/C14H14O6/c15-13(19-11-5-7-17-11)9-3-1-2-4-10(9)14(16)20-12-6-8-18-12/h1-4,11-12H,5-8H2. The smallest absolute Gasteiger partial charge is 0.341 e. The second-order valence-electron chi connectivity index (χ2n) is 4.53. The third-order valence-electron chi connectivity index (χ3n) is 3.16. The van der Waals surface area contributed by atoms with Crippen molar-refractivity contribution in [1.29, 1.82) is 0 Å². The van der Waals surface area contributed by atoms with Crippen molar-refractivity contribution in [3.8, 4) is 0 Å². The fourth-order valence-corrected chi connectivity index (χ4v) is 1.82. The summed E-state index contributed by atoms with van der Waals surface area (Å²) in [6.07, 6.45) is 0.325. The molecule has 3 rings (SSSR count). The molecular formula is C14H14O6.